The summed E-state index contributed by atoms with van der Waals surface area (Å²) in [6.07, 6.45) is 7.47. The Hall–Kier alpha value is -1.09. The fourth-order valence-corrected chi connectivity index (χ4v) is 2.82. The predicted molar refractivity (Wildman–Crippen MR) is 72.1 cm³/mol. The van der Waals surface area contributed by atoms with E-state index in [0.717, 1.165) is 12.1 Å². The Balaban J connectivity index is 1.88. The zero-order chi connectivity index (χ0) is 12.8. The summed E-state index contributed by atoms with van der Waals surface area (Å²) >= 11 is 0. The standard InChI is InChI=1S/C15H22FNO/c16-13-7-4-8-14(10-13)17-15(11-18)9-12-5-2-1-3-6-12/h4,7-8,10,12,15,17-18H,1-3,5-6,9,11H2. The highest BCUT2D eigenvalue weighted by atomic mass is 19.1. The maximum absolute atomic E-state index is 13.1. The van der Waals surface area contributed by atoms with E-state index in [2.05, 4.69) is 5.32 Å². The molecular formula is C15H22FNO. The van der Waals surface area contributed by atoms with Gasteiger partial charge in [0.2, 0.25) is 0 Å². The van der Waals surface area contributed by atoms with Gasteiger partial charge in [0, 0.05) is 11.7 Å². The number of anilines is 1. The first-order valence-corrected chi connectivity index (χ1v) is 6.91. The quantitative estimate of drug-likeness (QED) is 0.838. The molecule has 0 heterocycles. The van der Waals surface area contributed by atoms with Gasteiger partial charge < -0.3 is 10.4 Å². The van der Waals surface area contributed by atoms with Gasteiger partial charge in [0.1, 0.15) is 5.82 Å². The summed E-state index contributed by atoms with van der Waals surface area (Å²) in [6, 6.07) is 6.47. The molecule has 0 spiro atoms. The molecule has 1 atom stereocenters. The van der Waals surface area contributed by atoms with E-state index in [1.165, 1.54) is 44.2 Å². The first kappa shape index (κ1) is 13.3. The number of benzene rings is 1. The van der Waals surface area contributed by atoms with Crippen LogP contribution < -0.4 is 5.32 Å². The molecule has 2 N–H and O–H groups in total. The third-order valence-electron chi connectivity index (χ3n) is 3.76. The van der Waals surface area contributed by atoms with Crippen molar-refractivity contribution in [2.75, 3.05) is 11.9 Å². The molecule has 0 saturated heterocycles. The van der Waals surface area contributed by atoms with E-state index < -0.39 is 0 Å². The fourth-order valence-electron chi connectivity index (χ4n) is 2.82. The van der Waals surface area contributed by atoms with Crippen molar-refractivity contribution in [3.8, 4) is 0 Å². The third kappa shape index (κ3) is 3.98. The van der Waals surface area contributed by atoms with E-state index in [0.29, 0.717) is 5.92 Å². The normalized spacial score (nSPS) is 18.6. The van der Waals surface area contributed by atoms with Crippen LogP contribution in [0.15, 0.2) is 24.3 Å². The maximum Gasteiger partial charge on any atom is 0.125 e. The molecule has 2 nitrogen and oxygen atoms in total. The Kier molecular flexibility index (Phi) is 5.00. The van der Waals surface area contributed by atoms with Crippen LogP contribution in [0.25, 0.3) is 0 Å². The van der Waals surface area contributed by atoms with Gasteiger partial charge in [0.25, 0.3) is 0 Å². The SMILES string of the molecule is OCC(CC1CCCCC1)Nc1cccc(F)c1. The lowest BCUT2D eigenvalue weighted by molar-refractivity contribution is 0.237. The summed E-state index contributed by atoms with van der Waals surface area (Å²) in [6.45, 7) is 0.104. The van der Waals surface area contributed by atoms with E-state index in [9.17, 15) is 9.50 Å². The highest BCUT2D eigenvalue weighted by Crippen LogP contribution is 2.28. The number of aliphatic hydroxyl groups is 1. The van der Waals surface area contributed by atoms with Crippen molar-refractivity contribution in [3.63, 3.8) is 0 Å². The van der Waals surface area contributed by atoms with Crippen LogP contribution in [0.1, 0.15) is 38.5 Å². The molecule has 1 aliphatic carbocycles. The lowest BCUT2D eigenvalue weighted by atomic mass is 9.85. The molecular weight excluding hydrogens is 229 g/mol. The molecule has 1 aromatic rings. The van der Waals surface area contributed by atoms with Crippen molar-refractivity contribution in [1.29, 1.82) is 0 Å². The van der Waals surface area contributed by atoms with Crippen LogP contribution in [0.3, 0.4) is 0 Å². The van der Waals surface area contributed by atoms with Crippen molar-refractivity contribution < 1.29 is 9.50 Å². The average Bonchev–Trinajstić information content (AvgIpc) is 2.39. The minimum atomic E-state index is -0.241. The lowest BCUT2D eigenvalue weighted by Crippen LogP contribution is -2.27. The van der Waals surface area contributed by atoms with E-state index in [-0.39, 0.29) is 18.5 Å². The van der Waals surface area contributed by atoms with Crippen molar-refractivity contribution in [2.24, 2.45) is 5.92 Å². The number of nitrogens with one attached hydrogen (secondary N) is 1. The van der Waals surface area contributed by atoms with E-state index in [4.69, 9.17) is 0 Å². The predicted octanol–water partition coefficient (Wildman–Crippen LogP) is 3.57. The lowest BCUT2D eigenvalue weighted by Gasteiger charge is -2.26. The number of hydrogen-bond acceptors (Lipinski definition) is 2. The average molecular weight is 251 g/mol. The van der Waals surface area contributed by atoms with Crippen LogP contribution in [-0.2, 0) is 0 Å². The van der Waals surface area contributed by atoms with Gasteiger partial charge in [-0.25, -0.2) is 4.39 Å². The molecule has 1 saturated carbocycles. The van der Waals surface area contributed by atoms with E-state index >= 15 is 0 Å². The Bertz CT molecular complexity index is 363. The molecule has 18 heavy (non-hydrogen) atoms. The van der Waals surface area contributed by atoms with Crippen molar-refractivity contribution in [1.82, 2.24) is 0 Å². The topological polar surface area (TPSA) is 32.3 Å². The number of aliphatic hydroxyl groups excluding tert-OH is 1. The number of rotatable bonds is 5. The van der Waals surface area contributed by atoms with Gasteiger partial charge in [0.15, 0.2) is 0 Å². The number of hydrogen-bond donors (Lipinski definition) is 2. The summed E-state index contributed by atoms with van der Waals surface area (Å²) in [5.41, 5.74) is 0.754. The molecule has 3 heteroatoms. The summed E-state index contributed by atoms with van der Waals surface area (Å²) in [5, 5.41) is 12.7. The van der Waals surface area contributed by atoms with Gasteiger partial charge >= 0.3 is 0 Å². The van der Waals surface area contributed by atoms with Crippen LogP contribution >= 0.6 is 0 Å². The Labute approximate surface area is 108 Å². The molecule has 1 fully saturated rings. The molecule has 1 aromatic carbocycles. The third-order valence-corrected chi connectivity index (χ3v) is 3.76. The molecule has 0 bridgehead atoms. The minimum absolute atomic E-state index is 0.0369. The van der Waals surface area contributed by atoms with Gasteiger partial charge in [-0.05, 0) is 30.5 Å². The smallest absolute Gasteiger partial charge is 0.125 e. The van der Waals surface area contributed by atoms with Gasteiger partial charge in [-0.2, -0.15) is 0 Å². The molecule has 0 radical (unpaired) electrons. The van der Waals surface area contributed by atoms with Gasteiger partial charge in [0.05, 0.1) is 6.61 Å². The van der Waals surface area contributed by atoms with Crippen LogP contribution in [0.4, 0.5) is 10.1 Å². The van der Waals surface area contributed by atoms with Crippen molar-refractivity contribution in [2.45, 2.75) is 44.6 Å². The monoisotopic (exact) mass is 251 g/mol. The maximum atomic E-state index is 13.1. The summed E-state index contributed by atoms with van der Waals surface area (Å²) < 4.78 is 13.1. The first-order chi connectivity index (χ1) is 8.78. The van der Waals surface area contributed by atoms with Crippen LogP contribution in [0.2, 0.25) is 0 Å². The van der Waals surface area contributed by atoms with E-state index in [1.54, 1.807) is 6.07 Å². The zero-order valence-corrected chi connectivity index (χ0v) is 10.7. The molecule has 1 unspecified atom stereocenters. The molecule has 0 amide bonds. The largest absolute Gasteiger partial charge is 0.394 e. The van der Waals surface area contributed by atoms with Crippen molar-refractivity contribution >= 4 is 5.69 Å². The molecule has 0 aliphatic heterocycles. The molecule has 100 valence electrons. The Morgan fingerprint density at radius 2 is 2.06 bits per heavy atom. The fraction of sp³-hybridized carbons (Fsp3) is 0.600. The van der Waals surface area contributed by atoms with Crippen LogP contribution in [0, 0.1) is 11.7 Å². The van der Waals surface area contributed by atoms with E-state index in [1.807, 2.05) is 6.07 Å². The summed E-state index contributed by atoms with van der Waals surface area (Å²) in [4.78, 5) is 0. The second-order valence-corrected chi connectivity index (χ2v) is 5.27. The summed E-state index contributed by atoms with van der Waals surface area (Å²) in [5.74, 6) is 0.464. The first-order valence-electron chi connectivity index (χ1n) is 6.91. The van der Waals surface area contributed by atoms with Crippen LogP contribution in [0.5, 0.6) is 0 Å². The van der Waals surface area contributed by atoms with Crippen molar-refractivity contribution in [3.05, 3.63) is 30.1 Å². The molecule has 0 aromatic heterocycles. The van der Waals surface area contributed by atoms with Gasteiger partial charge in [-0.15, -0.1) is 0 Å². The highest BCUT2D eigenvalue weighted by Gasteiger charge is 2.18. The Morgan fingerprint density at radius 1 is 1.28 bits per heavy atom. The van der Waals surface area contributed by atoms with Crippen LogP contribution in [-0.4, -0.2) is 17.8 Å². The van der Waals surface area contributed by atoms with Gasteiger partial charge in [-0.3, -0.25) is 0 Å². The molecule has 1 aliphatic rings. The minimum Gasteiger partial charge on any atom is -0.394 e. The summed E-state index contributed by atoms with van der Waals surface area (Å²) in [7, 11) is 0. The second kappa shape index (κ2) is 6.74. The molecule has 2 rings (SSSR count). The Morgan fingerprint density at radius 3 is 2.72 bits per heavy atom. The van der Waals surface area contributed by atoms with Gasteiger partial charge in [-0.1, -0.05) is 38.2 Å². The number of halogens is 1. The second-order valence-electron chi connectivity index (χ2n) is 5.27. The zero-order valence-electron chi connectivity index (χ0n) is 10.7. The highest BCUT2D eigenvalue weighted by molar-refractivity contribution is 5.44.